The van der Waals surface area contributed by atoms with Crippen molar-refractivity contribution >= 4 is 28.3 Å². The van der Waals surface area contributed by atoms with Crippen LogP contribution >= 0.6 is 11.3 Å². The number of benzene rings is 1. The number of hydrogen-bond donors (Lipinski definition) is 1. The molecule has 3 aromatic rings. The fourth-order valence-electron chi connectivity index (χ4n) is 3.33. The van der Waals surface area contributed by atoms with Crippen LogP contribution in [0.2, 0.25) is 0 Å². The van der Waals surface area contributed by atoms with Crippen molar-refractivity contribution in [3.8, 4) is 11.3 Å². The van der Waals surface area contributed by atoms with E-state index < -0.39 is 0 Å². The topological polar surface area (TPSA) is 81.2 Å². The van der Waals surface area contributed by atoms with E-state index in [-0.39, 0.29) is 30.8 Å². The molecule has 1 amide bonds. The summed E-state index contributed by atoms with van der Waals surface area (Å²) in [5.74, 6) is -0.662. The molecule has 1 N–H and O–H groups in total. The molecule has 0 bridgehead atoms. The Morgan fingerprint density at radius 1 is 1.06 bits per heavy atom. The number of esters is 1. The zero-order chi connectivity index (χ0) is 22.6. The monoisotopic (exact) mass is 451 g/mol. The summed E-state index contributed by atoms with van der Waals surface area (Å²) >= 11 is 1.41. The van der Waals surface area contributed by atoms with Gasteiger partial charge in [0.2, 0.25) is 5.91 Å². The molecule has 6 nitrogen and oxygen atoms in total. The van der Waals surface area contributed by atoms with Crippen molar-refractivity contribution in [3.05, 3.63) is 65.8 Å². The Bertz CT molecular complexity index is 976. The highest BCUT2D eigenvalue weighted by molar-refractivity contribution is 7.14. The number of aromatic nitrogens is 2. The lowest BCUT2D eigenvalue weighted by Gasteiger charge is -2.15. The maximum absolute atomic E-state index is 12.9. The number of nitrogens with one attached hydrogen (secondary N) is 1. The molecule has 0 radical (unpaired) electrons. The number of unbranched alkanes of at least 4 members (excludes halogenated alkanes) is 2. The zero-order valence-electron chi connectivity index (χ0n) is 18.3. The fraction of sp³-hybridized carbons (Fsp3) is 0.360. The van der Waals surface area contributed by atoms with Crippen LogP contribution < -0.4 is 5.32 Å². The minimum Gasteiger partial charge on any atom is -0.459 e. The summed E-state index contributed by atoms with van der Waals surface area (Å²) in [6.45, 7) is 2.28. The fourth-order valence-corrected chi connectivity index (χ4v) is 4.05. The normalized spacial score (nSPS) is 11.7. The first-order valence-corrected chi connectivity index (χ1v) is 11.9. The number of carbonyl (C=O) groups is 2. The molecule has 1 aromatic carbocycles. The molecule has 3 rings (SSSR count). The third-order valence-corrected chi connectivity index (χ3v) is 5.89. The second-order valence-corrected chi connectivity index (χ2v) is 8.46. The van der Waals surface area contributed by atoms with Crippen LogP contribution in [0.4, 0.5) is 5.13 Å². The summed E-state index contributed by atoms with van der Waals surface area (Å²) < 4.78 is 5.31. The molecule has 32 heavy (non-hydrogen) atoms. The van der Waals surface area contributed by atoms with Crippen molar-refractivity contribution in [2.75, 3.05) is 5.32 Å². The minimum absolute atomic E-state index is 0.0902. The van der Waals surface area contributed by atoms with Crippen LogP contribution in [-0.4, -0.2) is 21.8 Å². The average molecular weight is 452 g/mol. The van der Waals surface area contributed by atoms with Crippen molar-refractivity contribution in [1.82, 2.24) is 9.97 Å². The summed E-state index contributed by atoms with van der Waals surface area (Å²) in [5.41, 5.74) is 2.56. The number of rotatable bonds is 12. The third kappa shape index (κ3) is 7.57. The van der Waals surface area contributed by atoms with Gasteiger partial charge in [-0.25, -0.2) is 4.98 Å². The van der Waals surface area contributed by atoms with Crippen molar-refractivity contribution in [1.29, 1.82) is 0 Å². The quantitative estimate of drug-likeness (QED) is 0.275. The lowest BCUT2D eigenvalue weighted by molar-refractivity contribution is -0.145. The molecule has 0 saturated heterocycles. The van der Waals surface area contributed by atoms with E-state index >= 15 is 0 Å². The first-order chi connectivity index (χ1) is 15.7. The number of thiazole rings is 1. The molecular weight excluding hydrogens is 422 g/mol. The van der Waals surface area contributed by atoms with Crippen molar-refractivity contribution in [2.24, 2.45) is 5.92 Å². The first-order valence-electron chi connectivity index (χ1n) is 11.0. The van der Waals surface area contributed by atoms with E-state index in [1.807, 2.05) is 53.9 Å². The van der Waals surface area contributed by atoms with E-state index in [0.717, 1.165) is 36.9 Å². The van der Waals surface area contributed by atoms with Crippen LogP contribution in [0, 0.1) is 5.92 Å². The molecule has 1 atom stereocenters. The maximum atomic E-state index is 12.9. The van der Waals surface area contributed by atoms with Crippen LogP contribution in [0.5, 0.6) is 0 Å². The summed E-state index contributed by atoms with van der Waals surface area (Å²) in [5, 5.41) is 5.46. The molecule has 0 spiro atoms. The van der Waals surface area contributed by atoms with Gasteiger partial charge in [0.25, 0.3) is 0 Å². The van der Waals surface area contributed by atoms with E-state index in [4.69, 9.17) is 4.74 Å². The molecule has 0 fully saturated rings. The van der Waals surface area contributed by atoms with Gasteiger partial charge in [-0.05, 0) is 25.0 Å². The number of amides is 1. The molecule has 2 heterocycles. The SMILES string of the molecule is CCCCC[C@H](CCC(=O)OCc1ccccn1)C(=O)Nc1nc(-c2ccccc2)cs1. The second-order valence-electron chi connectivity index (χ2n) is 7.61. The Morgan fingerprint density at radius 2 is 1.88 bits per heavy atom. The number of pyridine rings is 1. The Hall–Kier alpha value is -3.06. The standard InChI is InChI=1S/C25H29N3O3S/c1-2-3-5-12-20(14-15-23(29)31-17-21-13-8-9-16-26-21)24(30)28-25-27-22(18-32-25)19-10-6-4-7-11-19/h4,6-11,13,16,18,20H,2-3,5,12,14-15,17H2,1H3,(H,27,28,30)/t20-/m1/s1. The van der Waals surface area contributed by atoms with Gasteiger partial charge < -0.3 is 10.1 Å². The molecule has 0 saturated carbocycles. The molecule has 2 aromatic heterocycles. The van der Waals surface area contributed by atoms with E-state index in [1.54, 1.807) is 6.20 Å². The number of ether oxygens (including phenoxy) is 1. The van der Waals surface area contributed by atoms with Gasteiger partial charge >= 0.3 is 5.97 Å². The molecule has 0 aliphatic carbocycles. The average Bonchev–Trinajstić information content (AvgIpc) is 3.29. The van der Waals surface area contributed by atoms with Gasteiger partial charge in [0.1, 0.15) is 6.61 Å². The van der Waals surface area contributed by atoms with E-state index in [0.29, 0.717) is 17.2 Å². The number of carbonyl (C=O) groups excluding carboxylic acids is 2. The Morgan fingerprint density at radius 3 is 2.62 bits per heavy atom. The summed E-state index contributed by atoms with van der Waals surface area (Å²) in [4.78, 5) is 33.8. The smallest absolute Gasteiger partial charge is 0.306 e. The van der Waals surface area contributed by atoms with Crippen molar-refractivity contribution < 1.29 is 14.3 Å². The van der Waals surface area contributed by atoms with Gasteiger partial charge in [0.15, 0.2) is 5.13 Å². The predicted octanol–water partition coefficient (Wildman–Crippen LogP) is 5.86. The number of anilines is 1. The van der Waals surface area contributed by atoms with Gasteiger partial charge in [0, 0.05) is 29.5 Å². The highest BCUT2D eigenvalue weighted by atomic mass is 32.1. The van der Waals surface area contributed by atoms with Crippen LogP contribution in [0.15, 0.2) is 60.1 Å². The summed E-state index contributed by atoms with van der Waals surface area (Å²) in [6, 6.07) is 15.3. The van der Waals surface area contributed by atoms with Gasteiger partial charge in [-0.15, -0.1) is 11.3 Å². The summed E-state index contributed by atoms with van der Waals surface area (Å²) in [7, 11) is 0. The first kappa shape index (κ1) is 23.6. The van der Waals surface area contributed by atoms with E-state index in [1.165, 1.54) is 11.3 Å². The molecule has 0 aliphatic heterocycles. The van der Waals surface area contributed by atoms with Crippen LogP contribution in [0.3, 0.4) is 0 Å². The largest absolute Gasteiger partial charge is 0.459 e. The van der Waals surface area contributed by atoms with Crippen LogP contribution in [-0.2, 0) is 20.9 Å². The van der Waals surface area contributed by atoms with Gasteiger partial charge in [-0.2, -0.15) is 0 Å². The summed E-state index contributed by atoms with van der Waals surface area (Å²) in [6.07, 6.45) is 6.14. The van der Waals surface area contributed by atoms with Crippen LogP contribution in [0.1, 0.15) is 51.1 Å². The lowest BCUT2D eigenvalue weighted by Crippen LogP contribution is -2.24. The molecular formula is C25H29N3O3S. The Labute approximate surface area is 193 Å². The Balaban J connectivity index is 1.53. The number of nitrogens with zero attached hydrogens (tertiary/aromatic N) is 2. The number of hydrogen-bond acceptors (Lipinski definition) is 6. The molecule has 7 heteroatoms. The Kier molecular flexibility index (Phi) is 9.37. The third-order valence-electron chi connectivity index (χ3n) is 5.13. The van der Waals surface area contributed by atoms with Crippen LogP contribution in [0.25, 0.3) is 11.3 Å². The van der Waals surface area contributed by atoms with Gasteiger partial charge in [-0.3, -0.25) is 14.6 Å². The zero-order valence-corrected chi connectivity index (χ0v) is 19.1. The van der Waals surface area contributed by atoms with Crippen molar-refractivity contribution in [3.63, 3.8) is 0 Å². The highest BCUT2D eigenvalue weighted by Crippen LogP contribution is 2.26. The molecule has 0 aliphatic rings. The van der Waals surface area contributed by atoms with Gasteiger partial charge in [0.05, 0.1) is 11.4 Å². The lowest BCUT2D eigenvalue weighted by atomic mass is 9.95. The maximum Gasteiger partial charge on any atom is 0.306 e. The highest BCUT2D eigenvalue weighted by Gasteiger charge is 2.21. The predicted molar refractivity (Wildman–Crippen MR) is 127 cm³/mol. The van der Waals surface area contributed by atoms with E-state index in [2.05, 4.69) is 22.2 Å². The minimum atomic E-state index is -0.315. The van der Waals surface area contributed by atoms with E-state index in [9.17, 15) is 9.59 Å². The molecule has 0 unspecified atom stereocenters. The van der Waals surface area contributed by atoms with Gasteiger partial charge in [-0.1, -0.05) is 62.6 Å². The molecule has 168 valence electrons. The second kappa shape index (κ2) is 12.7. The van der Waals surface area contributed by atoms with Crippen molar-refractivity contribution in [2.45, 2.75) is 52.1 Å².